The van der Waals surface area contributed by atoms with E-state index >= 15 is 0 Å². The SMILES string of the molecule is O=C(c1ccc(Cl)cc1)N1C2CCC1CC(Oc1ccncc1)C2. The summed E-state index contributed by atoms with van der Waals surface area (Å²) < 4.78 is 6.09. The minimum atomic E-state index is 0.113. The van der Waals surface area contributed by atoms with E-state index in [1.807, 2.05) is 24.3 Å². The highest BCUT2D eigenvalue weighted by atomic mass is 35.5. The van der Waals surface area contributed by atoms with Gasteiger partial charge in [-0.05, 0) is 49.2 Å². The van der Waals surface area contributed by atoms with Crippen LogP contribution in [-0.2, 0) is 0 Å². The number of carbonyl (C=O) groups excluding carboxylic acids is 1. The highest BCUT2D eigenvalue weighted by Gasteiger charge is 2.44. The van der Waals surface area contributed by atoms with Crippen LogP contribution in [0.5, 0.6) is 5.75 Å². The van der Waals surface area contributed by atoms with Gasteiger partial charge in [-0.1, -0.05) is 11.6 Å². The molecule has 1 aromatic carbocycles. The Morgan fingerprint density at radius 2 is 1.67 bits per heavy atom. The van der Waals surface area contributed by atoms with Crippen LogP contribution in [0.3, 0.4) is 0 Å². The molecule has 2 atom stereocenters. The number of nitrogens with zero attached hydrogens (tertiary/aromatic N) is 2. The molecule has 0 N–H and O–H groups in total. The summed E-state index contributed by atoms with van der Waals surface area (Å²) in [5.74, 6) is 0.966. The van der Waals surface area contributed by atoms with Crippen molar-refractivity contribution >= 4 is 17.5 Å². The van der Waals surface area contributed by atoms with Crippen LogP contribution in [-0.4, -0.2) is 34.0 Å². The largest absolute Gasteiger partial charge is 0.490 e. The van der Waals surface area contributed by atoms with Crippen molar-refractivity contribution in [2.75, 3.05) is 0 Å². The Morgan fingerprint density at radius 3 is 2.29 bits per heavy atom. The molecule has 0 spiro atoms. The lowest BCUT2D eigenvalue weighted by Gasteiger charge is -2.39. The van der Waals surface area contributed by atoms with E-state index in [1.165, 1.54) is 0 Å². The van der Waals surface area contributed by atoms with Crippen molar-refractivity contribution in [2.24, 2.45) is 0 Å². The Hall–Kier alpha value is -2.07. The van der Waals surface area contributed by atoms with E-state index in [0.29, 0.717) is 10.6 Å². The minimum Gasteiger partial charge on any atom is -0.490 e. The van der Waals surface area contributed by atoms with Crippen molar-refractivity contribution in [3.63, 3.8) is 0 Å². The van der Waals surface area contributed by atoms with Crippen molar-refractivity contribution < 1.29 is 9.53 Å². The quantitative estimate of drug-likeness (QED) is 0.848. The number of fused-ring (bicyclic) bond motifs is 2. The van der Waals surface area contributed by atoms with Crippen LogP contribution in [0.15, 0.2) is 48.8 Å². The summed E-state index contributed by atoms with van der Waals surface area (Å²) in [6, 6.07) is 11.5. The number of hydrogen-bond donors (Lipinski definition) is 0. The first-order chi connectivity index (χ1) is 11.7. The predicted octanol–water partition coefficient (Wildman–Crippen LogP) is 3.95. The van der Waals surface area contributed by atoms with E-state index in [1.54, 1.807) is 24.5 Å². The number of halogens is 1. The first-order valence-corrected chi connectivity index (χ1v) is 8.73. The fourth-order valence-corrected chi connectivity index (χ4v) is 4.03. The average molecular weight is 343 g/mol. The van der Waals surface area contributed by atoms with Gasteiger partial charge in [-0.3, -0.25) is 9.78 Å². The van der Waals surface area contributed by atoms with E-state index in [4.69, 9.17) is 16.3 Å². The van der Waals surface area contributed by atoms with Gasteiger partial charge in [0.05, 0.1) is 0 Å². The van der Waals surface area contributed by atoms with Crippen LogP contribution >= 0.6 is 11.6 Å². The molecule has 0 radical (unpaired) electrons. The molecule has 2 saturated heterocycles. The number of carbonyl (C=O) groups is 1. The fraction of sp³-hybridized carbons (Fsp3) is 0.368. The lowest BCUT2D eigenvalue weighted by molar-refractivity contribution is 0.0359. The molecule has 24 heavy (non-hydrogen) atoms. The van der Waals surface area contributed by atoms with Gasteiger partial charge in [0.15, 0.2) is 0 Å². The molecule has 2 aromatic rings. The summed E-state index contributed by atoms with van der Waals surface area (Å²) >= 11 is 5.92. The molecule has 2 aliphatic heterocycles. The van der Waals surface area contributed by atoms with E-state index in [0.717, 1.165) is 31.4 Å². The number of amides is 1. The van der Waals surface area contributed by atoms with Crippen molar-refractivity contribution in [3.05, 3.63) is 59.4 Å². The Morgan fingerprint density at radius 1 is 1.04 bits per heavy atom. The number of hydrogen-bond acceptors (Lipinski definition) is 3. The Labute approximate surface area is 146 Å². The maximum atomic E-state index is 12.9. The molecular weight excluding hydrogens is 324 g/mol. The summed E-state index contributed by atoms with van der Waals surface area (Å²) in [7, 11) is 0. The van der Waals surface area contributed by atoms with Crippen LogP contribution in [0.4, 0.5) is 0 Å². The Kier molecular flexibility index (Phi) is 4.15. The van der Waals surface area contributed by atoms with Crippen LogP contribution in [0.1, 0.15) is 36.0 Å². The van der Waals surface area contributed by atoms with Crippen molar-refractivity contribution in [2.45, 2.75) is 43.9 Å². The molecule has 0 saturated carbocycles. The molecule has 124 valence electrons. The van der Waals surface area contributed by atoms with Gasteiger partial charge in [0.25, 0.3) is 5.91 Å². The van der Waals surface area contributed by atoms with Gasteiger partial charge in [0, 0.05) is 47.9 Å². The second kappa shape index (κ2) is 6.44. The molecule has 2 aliphatic rings. The first-order valence-electron chi connectivity index (χ1n) is 8.35. The second-order valence-corrected chi connectivity index (χ2v) is 6.93. The van der Waals surface area contributed by atoms with Gasteiger partial charge in [0.1, 0.15) is 11.9 Å². The third kappa shape index (κ3) is 2.98. The molecule has 5 heteroatoms. The molecule has 1 amide bonds. The molecule has 4 nitrogen and oxygen atoms in total. The van der Waals surface area contributed by atoms with Gasteiger partial charge in [-0.25, -0.2) is 0 Å². The zero-order valence-electron chi connectivity index (χ0n) is 13.3. The Balaban J connectivity index is 1.47. The average Bonchev–Trinajstić information content (AvgIpc) is 2.87. The van der Waals surface area contributed by atoms with Crippen molar-refractivity contribution in [1.82, 2.24) is 9.88 Å². The molecule has 3 heterocycles. The van der Waals surface area contributed by atoms with Gasteiger partial charge < -0.3 is 9.64 Å². The molecule has 2 bridgehead atoms. The van der Waals surface area contributed by atoms with Crippen molar-refractivity contribution in [3.8, 4) is 5.75 Å². The normalized spacial score (nSPS) is 25.5. The highest BCUT2D eigenvalue weighted by molar-refractivity contribution is 6.30. The van der Waals surface area contributed by atoms with E-state index in [2.05, 4.69) is 9.88 Å². The minimum absolute atomic E-state index is 0.113. The third-order valence-corrected chi connectivity index (χ3v) is 5.22. The number of piperidine rings is 1. The molecule has 1 aromatic heterocycles. The van der Waals surface area contributed by atoms with Gasteiger partial charge >= 0.3 is 0 Å². The van der Waals surface area contributed by atoms with Crippen LogP contribution in [0, 0.1) is 0 Å². The summed E-state index contributed by atoms with van der Waals surface area (Å²) in [5, 5.41) is 0.652. The summed E-state index contributed by atoms with van der Waals surface area (Å²) in [5.41, 5.74) is 0.713. The molecule has 0 aliphatic carbocycles. The maximum absolute atomic E-state index is 12.9. The monoisotopic (exact) mass is 342 g/mol. The van der Waals surface area contributed by atoms with Gasteiger partial charge in [-0.15, -0.1) is 0 Å². The maximum Gasteiger partial charge on any atom is 0.254 e. The lowest BCUT2D eigenvalue weighted by atomic mass is 9.98. The first kappa shape index (κ1) is 15.5. The van der Waals surface area contributed by atoms with E-state index < -0.39 is 0 Å². The lowest BCUT2D eigenvalue weighted by Crippen LogP contribution is -2.49. The molecule has 2 unspecified atom stereocenters. The van der Waals surface area contributed by atoms with E-state index in [-0.39, 0.29) is 24.1 Å². The predicted molar refractivity (Wildman–Crippen MR) is 92.3 cm³/mol. The van der Waals surface area contributed by atoms with Gasteiger partial charge in [0.2, 0.25) is 0 Å². The number of benzene rings is 1. The number of ether oxygens (including phenoxy) is 1. The van der Waals surface area contributed by atoms with Crippen molar-refractivity contribution in [1.29, 1.82) is 0 Å². The van der Waals surface area contributed by atoms with E-state index in [9.17, 15) is 4.79 Å². The zero-order valence-corrected chi connectivity index (χ0v) is 14.0. The highest BCUT2D eigenvalue weighted by Crippen LogP contribution is 2.38. The second-order valence-electron chi connectivity index (χ2n) is 6.50. The van der Waals surface area contributed by atoms with Crippen LogP contribution in [0.25, 0.3) is 0 Å². The number of rotatable bonds is 3. The topological polar surface area (TPSA) is 42.4 Å². The summed E-state index contributed by atoms with van der Waals surface area (Å²) in [6.45, 7) is 0. The zero-order chi connectivity index (χ0) is 16.5. The van der Waals surface area contributed by atoms with Gasteiger partial charge in [-0.2, -0.15) is 0 Å². The third-order valence-electron chi connectivity index (χ3n) is 4.97. The summed E-state index contributed by atoms with van der Waals surface area (Å²) in [4.78, 5) is 18.9. The molecular formula is C19H19ClN2O2. The fourth-order valence-electron chi connectivity index (χ4n) is 3.91. The number of pyridine rings is 1. The number of aromatic nitrogens is 1. The molecule has 4 rings (SSSR count). The standard InChI is InChI=1S/C19H19ClN2O2/c20-14-3-1-13(2-4-14)19(23)22-15-5-6-16(22)12-18(11-15)24-17-7-9-21-10-8-17/h1-4,7-10,15-16,18H,5-6,11-12H2. The summed E-state index contributed by atoms with van der Waals surface area (Å²) in [6.07, 6.45) is 7.53. The van der Waals surface area contributed by atoms with Crippen LogP contribution in [0.2, 0.25) is 5.02 Å². The smallest absolute Gasteiger partial charge is 0.254 e. The van der Waals surface area contributed by atoms with Crippen LogP contribution < -0.4 is 4.74 Å². The Bertz CT molecular complexity index is 706. The molecule has 2 fully saturated rings.